The molecule has 1 aliphatic heterocycles. The Morgan fingerprint density at radius 2 is 1.77 bits per heavy atom. The summed E-state index contributed by atoms with van der Waals surface area (Å²) < 4.78 is 57.9. The van der Waals surface area contributed by atoms with Crippen LogP contribution < -0.4 is 9.46 Å². The summed E-state index contributed by atoms with van der Waals surface area (Å²) in [5.74, 6) is -0.998. The van der Waals surface area contributed by atoms with Crippen LogP contribution in [0.1, 0.15) is 37.8 Å². The van der Waals surface area contributed by atoms with Gasteiger partial charge < -0.3 is 4.74 Å². The molecule has 2 aromatic rings. The van der Waals surface area contributed by atoms with Crippen molar-refractivity contribution in [3.63, 3.8) is 0 Å². The normalized spacial score (nSPS) is 15.2. The molecule has 1 heterocycles. The molecule has 5 nitrogen and oxygen atoms in total. The number of nitrogens with zero attached hydrogens (tertiary/aromatic N) is 1. The molecule has 1 N–H and O–H groups in total. The molecule has 0 bridgehead atoms. The van der Waals surface area contributed by atoms with Crippen molar-refractivity contribution in [2.75, 3.05) is 4.72 Å². The Balaban J connectivity index is 2.19. The summed E-state index contributed by atoms with van der Waals surface area (Å²) in [6.45, 7) is 3.79. The quantitative estimate of drug-likeness (QED) is 0.778. The van der Waals surface area contributed by atoms with E-state index >= 15 is 0 Å². The van der Waals surface area contributed by atoms with Gasteiger partial charge in [0.15, 0.2) is 5.72 Å². The molecule has 0 aromatic heterocycles. The van der Waals surface area contributed by atoms with Gasteiger partial charge in [0.05, 0.1) is 11.4 Å². The summed E-state index contributed by atoms with van der Waals surface area (Å²) in [4.78, 5) is 4.64. The van der Waals surface area contributed by atoms with Crippen LogP contribution >= 0.6 is 0 Å². The molecule has 0 saturated carbocycles. The summed E-state index contributed by atoms with van der Waals surface area (Å²) in [5.41, 5.74) is 0.464. The van der Waals surface area contributed by atoms with Crippen LogP contribution in [-0.2, 0) is 10.9 Å². The maximum absolute atomic E-state index is 14.4. The fourth-order valence-electron chi connectivity index (χ4n) is 2.91. The lowest BCUT2D eigenvalue weighted by Crippen LogP contribution is -2.37. The molecule has 1 aliphatic rings. The molecule has 0 atom stereocenters. The van der Waals surface area contributed by atoms with Crippen molar-refractivity contribution in [2.45, 2.75) is 32.4 Å². The Kier molecular flexibility index (Phi) is 4.95. The Labute approximate surface area is 151 Å². The number of hydrogen-bond donors (Lipinski definition) is 2. The van der Waals surface area contributed by atoms with E-state index in [1.54, 1.807) is 6.07 Å². The molecule has 0 fully saturated rings. The first-order valence-corrected chi connectivity index (χ1v) is 9.35. The van der Waals surface area contributed by atoms with E-state index in [1.165, 1.54) is 24.3 Å². The third kappa shape index (κ3) is 3.41. The maximum Gasteiger partial charge on any atom is 0.222 e. The predicted octanol–water partition coefficient (Wildman–Crippen LogP) is 3.65. The number of fused-ring (bicyclic) bond motifs is 1. The molecule has 0 amide bonds. The second kappa shape index (κ2) is 7.03. The number of anilines is 1. The zero-order valence-electron chi connectivity index (χ0n) is 14.3. The third-order valence-corrected chi connectivity index (χ3v) is 4.80. The summed E-state index contributed by atoms with van der Waals surface area (Å²) >= 11 is 0. The van der Waals surface area contributed by atoms with Gasteiger partial charge in [-0.05, 0) is 24.3 Å². The lowest BCUT2D eigenvalue weighted by Gasteiger charge is -2.35. The van der Waals surface area contributed by atoms with Gasteiger partial charge in [-0.3, -0.25) is 4.72 Å². The van der Waals surface area contributed by atoms with Crippen LogP contribution in [-0.4, -0.2) is 19.9 Å². The average Bonchev–Trinajstić information content (AvgIpc) is 2.60. The number of aliphatic imine (C=N–C) groups is 1. The highest BCUT2D eigenvalue weighted by Gasteiger charge is 2.35. The van der Waals surface area contributed by atoms with Crippen LogP contribution in [0.3, 0.4) is 0 Å². The van der Waals surface area contributed by atoms with E-state index in [0.29, 0.717) is 35.6 Å². The standard InChI is InChI=1S/C18H18F2N2O3S/c1-3-18(4-2)21-17(13-7-5-11(19)9-15(13)20)14-8-6-12(22-26(23)24)10-16(14)25-18/h5-10,26H,3-4H2,1-2H3,(H,22,23,24). The first kappa shape index (κ1) is 18.3. The van der Waals surface area contributed by atoms with Gasteiger partial charge in [0.2, 0.25) is 10.9 Å². The van der Waals surface area contributed by atoms with Gasteiger partial charge in [0.1, 0.15) is 17.4 Å². The second-order valence-electron chi connectivity index (χ2n) is 5.92. The molecule has 138 valence electrons. The van der Waals surface area contributed by atoms with Crippen molar-refractivity contribution in [2.24, 2.45) is 4.99 Å². The van der Waals surface area contributed by atoms with E-state index in [-0.39, 0.29) is 5.56 Å². The number of halogens is 2. The van der Waals surface area contributed by atoms with Crippen LogP contribution in [0.2, 0.25) is 0 Å². The number of hydrogen-bond acceptors (Lipinski definition) is 4. The van der Waals surface area contributed by atoms with E-state index in [9.17, 15) is 17.2 Å². The van der Waals surface area contributed by atoms with Gasteiger partial charge in [-0.2, -0.15) is 0 Å². The minimum atomic E-state index is -2.82. The van der Waals surface area contributed by atoms with E-state index in [4.69, 9.17) is 4.74 Å². The summed E-state index contributed by atoms with van der Waals surface area (Å²) in [7, 11) is -2.82. The zero-order valence-corrected chi connectivity index (χ0v) is 15.1. The predicted molar refractivity (Wildman–Crippen MR) is 96.3 cm³/mol. The number of ether oxygens (including phenoxy) is 1. The van der Waals surface area contributed by atoms with Crippen molar-refractivity contribution in [3.8, 4) is 5.75 Å². The molecule has 0 spiro atoms. The monoisotopic (exact) mass is 380 g/mol. The van der Waals surface area contributed by atoms with Crippen molar-refractivity contribution < 1.29 is 21.9 Å². The Hall–Kier alpha value is -2.48. The van der Waals surface area contributed by atoms with E-state index < -0.39 is 28.2 Å². The van der Waals surface area contributed by atoms with Crippen LogP contribution in [0.5, 0.6) is 5.75 Å². The van der Waals surface area contributed by atoms with Gasteiger partial charge in [-0.25, -0.2) is 22.2 Å². The lowest BCUT2D eigenvalue weighted by molar-refractivity contribution is 0.0660. The van der Waals surface area contributed by atoms with Crippen molar-refractivity contribution >= 4 is 22.3 Å². The Morgan fingerprint density at radius 3 is 2.38 bits per heavy atom. The molecule has 26 heavy (non-hydrogen) atoms. The van der Waals surface area contributed by atoms with E-state index in [0.717, 1.165) is 6.07 Å². The average molecular weight is 380 g/mol. The van der Waals surface area contributed by atoms with Crippen molar-refractivity contribution in [1.82, 2.24) is 0 Å². The van der Waals surface area contributed by atoms with Gasteiger partial charge in [0.25, 0.3) is 0 Å². The van der Waals surface area contributed by atoms with Crippen LogP contribution in [0, 0.1) is 11.6 Å². The molecule has 2 aromatic carbocycles. The first-order chi connectivity index (χ1) is 12.4. The largest absolute Gasteiger partial charge is 0.465 e. The minimum Gasteiger partial charge on any atom is -0.465 e. The SMILES string of the molecule is CCC1(CC)N=C(c2ccc(F)cc2F)c2ccc(N[SH](=O)=O)cc2O1. The number of benzene rings is 2. The third-order valence-electron chi connectivity index (χ3n) is 4.36. The summed E-state index contributed by atoms with van der Waals surface area (Å²) in [6, 6.07) is 8.01. The first-order valence-electron chi connectivity index (χ1n) is 8.17. The lowest BCUT2D eigenvalue weighted by atomic mass is 9.96. The highest BCUT2D eigenvalue weighted by atomic mass is 32.2. The molecule has 8 heteroatoms. The topological polar surface area (TPSA) is 67.8 Å². The fourth-order valence-corrected chi connectivity index (χ4v) is 3.26. The molecule has 0 saturated heterocycles. The molecule has 3 rings (SSSR count). The fraction of sp³-hybridized carbons (Fsp3) is 0.278. The minimum absolute atomic E-state index is 0.165. The molecular formula is C18H18F2N2O3S. The maximum atomic E-state index is 14.4. The highest BCUT2D eigenvalue weighted by Crippen LogP contribution is 2.38. The van der Waals surface area contributed by atoms with Crippen LogP contribution in [0.4, 0.5) is 14.5 Å². The van der Waals surface area contributed by atoms with Crippen LogP contribution in [0.15, 0.2) is 41.4 Å². The van der Waals surface area contributed by atoms with Gasteiger partial charge in [-0.15, -0.1) is 0 Å². The summed E-state index contributed by atoms with van der Waals surface area (Å²) in [5, 5.41) is 0. The smallest absolute Gasteiger partial charge is 0.222 e. The Bertz CT molecular complexity index is 945. The second-order valence-corrected chi connectivity index (χ2v) is 6.66. The van der Waals surface area contributed by atoms with Crippen molar-refractivity contribution in [1.29, 1.82) is 0 Å². The van der Waals surface area contributed by atoms with Gasteiger partial charge in [0, 0.05) is 36.1 Å². The number of rotatable bonds is 5. The van der Waals surface area contributed by atoms with E-state index in [2.05, 4.69) is 9.71 Å². The molecular weight excluding hydrogens is 362 g/mol. The number of thiol groups is 1. The van der Waals surface area contributed by atoms with Crippen molar-refractivity contribution in [3.05, 3.63) is 59.2 Å². The number of nitrogens with one attached hydrogen (secondary N) is 1. The Morgan fingerprint density at radius 1 is 1.08 bits per heavy atom. The van der Waals surface area contributed by atoms with Gasteiger partial charge >= 0.3 is 0 Å². The van der Waals surface area contributed by atoms with E-state index in [1.807, 2.05) is 13.8 Å². The molecule has 0 radical (unpaired) electrons. The molecule has 0 aliphatic carbocycles. The van der Waals surface area contributed by atoms with Crippen LogP contribution in [0.25, 0.3) is 0 Å². The zero-order chi connectivity index (χ0) is 18.9. The summed E-state index contributed by atoms with van der Waals surface area (Å²) in [6.07, 6.45) is 1.06. The highest BCUT2D eigenvalue weighted by molar-refractivity contribution is 7.73. The molecule has 0 unspecified atom stereocenters. The van der Waals surface area contributed by atoms with Gasteiger partial charge in [-0.1, -0.05) is 13.8 Å².